The van der Waals surface area contributed by atoms with E-state index >= 15 is 0 Å². The van der Waals surface area contributed by atoms with Gasteiger partial charge >= 0.3 is 0 Å². The Kier molecular flexibility index (Phi) is 4.60. The van der Waals surface area contributed by atoms with Crippen LogP contribution in [0.4, 0.5) is 5.69 Å². The van der Waals surface area contributed by atoms with Crippen molar-refractivity contribution in [2.45, 2.75) is 13.5 Å². The Bertz CT molecular complexity index is 720. The van der Waals surface area contributed by atoms with Crippen molar-refractivity contribution >= 4 is 33.0 Å². The number of hydrogen-bond donors (Lipinski definition) is 0. The standard InChI is InChI=1S/C14H18BrN5OS/c1-10-17-11(9-22-10)8-19-3-5-20(6-4-19)12-7-16-18(2)14(21)13(12)15/h7,9H,3-6,8H2,1-2H3. The summed E-state index contributed by atoms with van der Waals surface area (Å²) < 4.78 is 1.93. The summed E-state index contributed by atoms with van der Waals surface area (Å²) in [6.07, 6.45) is 1.75. The summed E-state index contributed by atoms with van der Waals surface area (Å²) in [5, 5.41) is 7.36. The van der Waals surface area contributed by atoms with Gasteiger partial charge in [0.25, 0.3) is 5.56 Å². The average molecular weight is 384 g/mol. The molecule has 0 spiro atoms. The van der Waals surface area contributed by atoms with Crippen molar-refractivity contribution in [1.82, 2.24) is 19.7 Å². The van der Waals surface area contributed by atoms with Gasteiger partial charge in [0, 0.05) is 45.2 Å². The summed E-state index contributed by atoms with van der Waals surface area (Å²) in [7, 11) is 1.66. The molecule has 1 fully saturated rings. The van der Waals surface area contributed by atoms with E-state index < -0.39 is 0 Å². The van der Waals surface area contributed by atoms with Crippen molar-refractivity contribution < 1.29 is 0 Å². The lowest BCUT2D eigenvalue weighted by Crippen LogP contribution is -2.46. The molecule has 6 nitrogen and oxygen atoms in total. The van der Waals surface area contributed by atoms with Crippen LogP contribution in [0.1, 0.15) is 10.7 Å². The van der Waals surface area contributed by atoms with Gasteiger partial charge in [-0.1, -0.05) is 0 Å². The molecule has 2 aromatic heterocycles. The van der Waals surface area contributed by atoms with Crippen molar-refractivity contribution in [2.24, 2.45) is 7.05 Å². The zero-order valence-electron chi connectivity index (χ0n) is 12.6. The molecule has 1 aliphatic heterocycles. The molecule has 1 aliphatic rings. The van der Waals surface area contributed by atoms with E-state index in [9.17, 15) is 4.79 Å². The third kappa shape index (κ3) is 3.23. The smallest absolute Gasteiger partial charge is 0.282 e. The second-order valence-corrected chi connectivity index (χ2v) is 7.25. The maximum absolute atomic E-state index is 11.9. The van der Waals surface area contributed by atoms with Crippen LogP contribution in [0.2, 0.25) is 0 Å². The molecule has 22 heavy (non-hydrogen) atoms. The second-order valence-electron chi connectivity index (χ2n) is 5.39. The molecule has 3 rings (SSSR count). The van der Waals surface area contributed by atoms with E-state index in [2.05, 4.69) is 41.2 Å². The minimum atomic E-state index is -0.0992. The third-order valence-electron chi connectivity index (χ3n) is 3.82. The first kappa shape index (κ1) is 15.6. The number of rotatable bonds is 3. The Hall–Kier alpha value is -1.25. The van der Waals surface area contributed by atoms with E-state index in [1.807, 2.05) is 6.92 Å². The minimum absolute atomic E-state index is 0.0992. The van der Waals surface area contributed by atoms with Gasteiger partial charge in [-0.3, -0.25) is 9.69 Å². The molecule has 118 valence electrons. The Morgan fingerprint density at radius 2 is 2.05 bits per heavy atom. The molecule has 0 unspecified atom stereocenters. The number of halogens is 1. The van der Waals surface area contributed by atoms with Crippen molar-refractivity contribution in [3.63, 3.8) is 0 Å². The number of aromatic nitrogens is 3. The van der Waals surface area contributed by atoms with Gasteiger partial charge < -0.3 is 4.90 Å². The van der Waals surface area contributed by atoms with Gasteiger partial charge in [-0.15, -0.1) is 11.3 Å². The van der Waals surface area contributed by atoms with Gasteiger partial charge in [-0.2, -0.15) is 5.10 Å². The van der Waals surface area contributed by atoms with E-state index in [-0.39, 0.29) is 5.56 Å². The summed E-state index contributed by atoms with van der Waals surface area (Å²) in [5.74, 6) is 0. The predicted molar refractivity (Wildman–Crippen MR) is 91.5 cm³/mol. The lowest BCUT2D eigenvalue weighted by molar-refractivity contribution is 0.247. The number of piperazine rings is 1. The topological polar surface area (TPSA) is 54.3 Å². The third-order valence-corrected chi connectivity index (χ3v) is 5.39. The van der Waals surface area contributed by atoms with E-state index in [1.165, 1.54) is 4.68 Å². The highest BCUT2D eigenvalue weighted by atomic mass is 79.9. The van der Waals surface area contributed by atoms with Gasteiger partial charge in [0.1, 0.15) is 4.47 Å². The van der Waals surface area contributed by atoms with Crippen molar-refractivity contribution in [3.05, 3.63) is 37.1 Å². The van der Waals surface area contributed by atoms with Gasteiger partial charge in [-0.25, -0.2) is 9.67 Å². The number of anilines is 1. The minimum Gasteiger partial charge on any atom is -0.367 e. The van der Waals surface area contributed by atoms with Crippen LogP contribution in [0.3, 0.4) is 0 Å². The van der Waals surface area contributed by atoms with Crippen LogP contribution in [0, 0.1) is 6.92 Å². The van der Waals surface area contributed by atoms with Crippen LogP contribution in [-0.4, -0.2) is 45.8 Å². The normalized spacial score (nSPS) is 16.2. The molecule has 0 bridgehead atoms. The summed E-state index contributed by atoms with van der Waals surface area (Å²) in [6.45, 7) is 6.62. The molecule has 0 saturated carbocycles. The van der Waals surface area contributed by atoms with Gasteiger partial charge in [-0.05, 0) is 22.9 Å². The largest absolute Gasteiger partial charge is 0.367 e. The monoisotopic (exact) mass is 383 g/mol. The molecular weight excluding hydrogens is 366 g/mol. The first-order valence-electron chi connectivity index (χ1n) is 7.14. The maximum Gasteiger partial charge on any atom is 0.282 e. The zero-order chi connectivity index (χ0) is 15.7. The van der Waals surface area contributed by atoms with Crippen LogP contribution < -0.4 is 10.5 Å². The van der Waals surface area contributed by atoms with Gasteiger partial charge in [0.05, 0.1) is 22.6 Å². The van der Waals surface area contributed by atoms with E-state index in [4.69, 9.17) is 0 Å². The van der Waals surface area contributed by atoms with E-state index in [1.54, 1.807) is 24.6 Å². The lowest BCUT2D eigenvalue weighted by atomic mass is 10.2. The quantitative estimate of drug-likeness (QED) is 0.805. The number of thiazole rings is 1. The first-order valence-corrected chi connectivity index (χ1v) is 8.82. The van der Waals surface area contributed by atoms with Crippen molar-refractivity contribution in [1.29, 1.82) is 0 Å². The molecule has 0 atom stereocenters. The maximum atomic E-state index is 11.9. The molecule has 0 N–H and O–H groups in total. The highest BCUT2D eigenvalue weighted by molar-refractivity contribution is 9.10. The highest BCUT2D eigenvalue weighted by Crippen LogP contribution is 2.23. The lowest BCUT2D eigenvalue weighted by Gasteiger charge is -2.35. The Morgan fingerprint density at radius 1 is 1.32 bits per heavy atom. The Morgan fingerprint density at radius 3 is 2.68 bits per heavy atom. The average Bonchev–Trinajstić information content (AvgIpc) is 2.91. The molecule has 2 aromatic rings. The number of nitrogens with zero attached hydrogens (tertiary/aromatic N) is 5. The molecule has 3 heterocycles. The van der Waals surface area contributed by atoms with E-state index in [0.29, 0.717) is 4.47 Å². The first-order chi connectivity index (χ1) is 10.5. The molecule has 0 aromatic carbocycles. The Balaban J connectivity index is 1.64. The SMILES string of the molecule is Cc1nc(CN2CCN(c3cnn(C)c(=O)c3Br)CC2)cs1. The summed E-state index contributed by atoms with van der Waals surface area (Å²) in [5.41, 5.74) is 1.93. The predicted octanol–water partition coefficient (Wildman–Crippen LogP) is 1.63. The molecule has 0 aliphatic carbocycles. The molecule has 0 radical (unpaired) electrons. The number of aryl methyl sites for hydroxylation is 2. The second kappa shape index (κ2) is 6.47. The number of hydrogen-bond acceptors (Lipinski definition) is 6. The zero-order valence-corrected chi connectivity index (χ0v) is 15.0. The van der Waals surface area contributed by atoms with Crippen LogP contribution in [0.15, 0.2) is 20.8 Å². The fraction of sp³-hybridized carbons (Fsp3) is 0.500. The highest BCUT2D eigenvalue weighted by Gasteiger charge is 2.21. The van der Waals surface area contributed by atoms with Crippen molar-refractivity contribution in [3.8, 4) is 0 Å². The van der Waals surface area contributed by atoms with Gasteiger partial charge in [0.15, 0.2) is 0 Å². The van der Waals surface area contributed by atoms with Crippen molar-refractivity contribution in [2.75, 3.05) is 31.1 Å². The summed E-state index contributed by atoms with van der Waals surface area (Å²) >= 11 is 5.10. The van der Waals surface area contributed by atoms with Crippen LogP contribution in [0.5, 0.6) is 0 Å². The Labute approximate surface area is 141 Å². The summed E-state index contributed by atoms with van der Waals surface area (Å²) in [4.78, 5) is 21.1. The van der Waals surface area contributed by atoms with Crippen LogP contribution in [0.25, 0.3) is 0 Å². The van der Waals surface area contributed by atoms with Gasteiger partial charge in [0.2, 0.25) is 0 Å². The van der Waals surface area contributed by atoms with Crippen LogP contribution >= 0.6 is 27.3 Å². The molecule has 0 amide bonds. The molecule has 8 heteroatoms. The van der Waals surface area contributed by atoms with E-state index in [0.717, 1.165) is 49.1 Å². The fourth-order valence-electron chi connectivity index (χ4n) is 2.58. The molecular formula is C14H18BrN5OS. The summed E-state index contributed by atoms with van der Waals surface area (Å²) in [6, 6.07) is 0. The fourth-order valence-corrected chi connectivity index (χ4v) is 3.79. The van der Waals surface area contributed by atoms with Crippen LogP contribution in [-0.2, 0) is 13.6 Å². The molecule has 1 saturated heterocycles.